The van der Waals surface area contributed by atoms with Gasteiger partial charge in [-0.1, -0.05) is 17.7 Å². The third-order valence-electron chi connectivity index (χ3n) is 3.28. The molecular weight excluding hydrogens is 358 g/mol. The van der Waals surface area contributed by atoms with E-state index in [1.54, 1.807) is 36.4 Å². The van der Waals surface area contributed by atoms with Crippen LogP contribution in [-0.4, -0.2) is 32.2 Å². The van der Waals surface area contributed by atoms with Crippen molar-refractivity contribution in [3.05, 3.63) is 52.5 Å². The van der Waals surface area contributed by atoms with Gasteiger partial charge in [0, 0.05) is 18.2 Å². The average Bonchev–Trinajstić information content (AvgIpc) is 2.60. The van der Waals surface area contributed by atoms with E-state index in [2.05, 4.69) is 15.8 Å². The first-order valence-corrected chi connectivity index (χ1v) is 7.95. The van der Waals surface area contributed by atoms with Gasteiger partial charge in [0.2, 0.25) is 5.91 Å². The van der Waals surface area contributed by atoms with Crippen LogP contribution in [0.15, 0.2) is 41.5 Å². The number of amides is 2. The molecule has 0 aliphatic rings. The molecule has 0 spiro atoms. The van der Waals surface area contributed by atoms with E-state index in [1.807, 2.05) is 0 Å². The molecule has 7 nitrogen and oxygen atoms in total. The average molecular weight is 376 g/mol. The molecule has 0 saturated carbocycles. The van der Waals surface area contributed by atoms with Gasteiger partial charge < -0.3 is 14.8 Å². The van der Waals surface area contributed by atoms with Gasteiger partial charge in [-0.15, -0.1) is 0 Å². The Balaban J connectivity index is 2.10. The number of rotatable bonds is 6. The highest BCUT2D eigenvalue weighted by atomic mass is 35.5. The number of ether oxygens (including phenoxy) is 2. The van der Waals surface area contributed by atoms with Crippen LogP contribution in [0.2, 0.25) is 5.02 Å². The van der Waals surface area contributed by atoms with Gasteiger partial charge in [0.1, 0.15) is 0 Å². The molecule has 0 aliphatic carbocycles. The molecular formula is C18H18ClN3O4. The van der Waals surface area contributed by atoms with Crippen LogP contribution in [0.4, 0.5) is 5.69 Å². The summed E-state index contributed by atoms with van der Waals surface area (Å²) in [4.78, 5) is 23.2. The maximum absolute atomic E-state index is 12.2. The number of hydrogen-bond donors (Lipinski definition) is 2. The Hall–Kier alpha value is -3.06. The zero-order chi connectivity index (χ0) is 19.1. The number of hydrogen-bond acceptors (Lipinski definition) is 5. The molecule has 2 aromatic rings. The van der Waals surface area contributed by atoms with Crippen molar-refractivity contribution < 1.29 is 19.1 Å². The minimum absolute atomic E-state index is 0.217. The summed E-state index contributed by atoms with van der Waals surface area (Å²) in [5.41, 5.74) is 3.93. The number of anilines is 1. The topological polar surface area (TPSA) is 89.0 Å². The van der Waals surface area contributed by atoms with Crippen molar-refractivity contribution >= 4 is 35.3 Å². The maximum atomic E-state index is 12.2. The van der Waals surface area contributed by atoms with E-state index in [4.69, 9.17) is 21.1 Å². The molecule has 0 saturated heterocycles. The first-order valence-electron chi connectivity index (χ1n) is 7.57. The van der Waals surface area contributed by atoms with Gasteiger partial charge in [-0.2, -0.15) is 5.10 Å². The molecule has 2 aromatic carbocycles. The number of hydrazone groups is 1. The summed E-state index contributed by atoms with van der Waals surface area (Å²) in [5.74, 6) is 0.242. The Morgan fingerprint density at radius 3 is 2.58 bits per heavy atom. The molecule has 2 amide bonds. The second kappa shape index (κ2) is 8.87. The number of nitrogens with one attached hydrogen (secondary N) is 2. The van der Waals surface area contributed by atoms with Crippen molar-refractivity contribution in [3.8, 4) is 11.5 Å². The monoisotopic (exact) mass is 375 g/mol. The molecule has 0 radical (unpaired) electrons. The van der Waals surface area contributed by atoms with Crippen molar-refractivity contribution in [3.63, 3.8) is 0 Å². The highest BCUT2D eigenvalue weighted by molar-refractivity contribution is 6.32. The van der Waals surface area contributed by atoms with Crippen LogP contribution in [0.5, 0.6) is 11.5 Å². The van der Waals surface area contributed by atoms with E-state index >= 15 is 0 Å². The predicted molar refractivity (Wildman–Crippen MR) is 100 cm³/mol. The zero-order valence-electron chi connectivity index (χ0n) is 14.5. The third-order valence-corrected chi connectivity index (χ3v) is 3.56. The van der Waals surface area contributed by atoms with Gasteiger partial charge in [0.05, 0.1) is 25.5 Å². The Bertz CT molecular complexity index is 852. The zero-order valence-corrected chi connectivity index (χ0v) is 15.3. The van der Waals surface area contributed by atoms with Crippen LogP contribution < -0.4 is 20.2 Å². The van der Waals surface area contributed by atoms with E-state index in [0.717, 1.165) is 0 Å². The SMILES string of the molecule is COc1cc(/C=N\NC(=O)c2cccc(NC(C)=O)c2)cc(Cl)c1OC. The van der Waals surface area contributed by atoms with Crippen molar-refractivity contribution in [2.24, 2.45) is 5.10 Å². The summed E-state index contributed by atoms with van der Waals surface area (Å²) >= 11 is 6.12. The third kappa shape index (κ3) is 4.97. The smallest absolute Gasteiger partial charge is 0.271 e. The summed E-state index contributed by atoms with van der Waals surface area (Å²) < 4.78 is 10.4. The molecule has 0 unspecified atom stereocenters. The summed E-state index contributed by atoms with van der Waals surface area (Å²) in [6.07, 6.45) is 1.43. The molecule has 0 heterocycles. The van der Waals surface area contributed by atoms with Gasteiger partial charge in [-0.05, 0) is 35.9 Å². The van der Waals surface area contributed by atoms with Crippen molar-refractivity contribution in [1.29, 1.82) is 0 Å². The molecule has 0 atom stereocenters. The van der Waals surface area contributed by atoms with Crippen molar-refractivity contribution in [2.75, 3.05) is 19.5 Å². The molecule has 26 heavy (non-hydrogen) atoms. The molecule has 0 aromatic heterocycles. The number of methoxy groups -OCH3 is 2. The normalized spacial score (nSPS) is 10.5. The largest absolute Gasteiger partial charge is 0.493 e. The number of carbonyl (C=O) groups is 2. The molecule has 8 heteroatoms. The predicted octanol–water partition coefficient (Wildman–Crippen LogP) is 3.08. The highest BCUT2D eigenvalue weighted by Gasteiger charge is 2.10. The fourth-order valence-corrected chi connectivity index (χ4v) is 2.48. The van der Waals surface area contributed by atoms with E-state index < -0.39 is 5.91 Å². The highest BCUT2D eigenvalue weighted by Crippen LogP contribution is 2.35. The summed E-state index contributed by atoms with van der Waals surface area (Å²) in [6.45, 7) is 1.39. The molecule has 0 bridgehead atoms. The van der Waals surface area contributed by atoms with Crippen LogP contribution in [-0.2, 0) is 4.79 Å². The molecule has 136 valence electrons. The van der Waals surface area contributed by atoms with Crippen LogP contribution in [0.25, 0.3) is 0 Å². The lowest BCUT2D eigenvalue weighted by atomic mass is 10.2. The van der Waals surface area contributed by atoms with Crippen molar-refractivity contribution in [2.45, 2.75) is 6.92 Å². The van der Waals surface area contributed by atoms with E-state index in [-0.39, 0.29) is 5.91 Å². The lowest BCUT2D eigenvalue weighted by Crippen LogP contribution is -2.18. The van der Waals surface area contributed by atoms with E-state index in [1.165, 1.54) is 27.4 Å². The van der Waals surface area contributed by atoms with Gasteiger partial charge in [0.15, 0.2) is 11.5 Å². The lowest BCUT2D eigenvalue weighted by molar-refractivity contribution is -0.114. The van der Waals surface area contributed by atoms with Crippen molar-refractivity contribution in [1.82, 2.24) is 5.43 Å². The number of nitrogens with zero attached hydrogens (tertiary/aromatic N) is 1. The van der Waals surface area contributed by atoms with Gasteiger partial charge in [0.25, 0.3) is 5.91 Å². The summed E-state index contributed by atoms with van der Waals surface area (Å²) in [6, 6.07) is 9.84. The second-order valence-electron chi connectivity index (χ2n) is 5.20. The Kier molecular flexibility index (Phi) is 6.57. The van der Waals surface area contributed by atoms with Crippen LogP contribution in [0.3, 0.4) is 0 Å². The minimum atomic E-state index is -0.417. The molecule has 2 rings (SSSR count). The fourth-order valence-electron chi connectivity index (χ4n) is 2.18. The fraction of sp³-hybridized carbons (Fsp3) is 0.167. The van der Waals surface area contributed by atoms with Gasteiger partial charge >= 0.3 is 0 Å². The molecule has 2 N–H and O–H groups in total. The quantitative estimate of drug-likeness (QED) is 0.599. The molecule has 0 fully saturated rings. The van der Waals surface area contributed by atoms with E-state index in [0.29, 0.717) is 33.3 Å². The number of benzene rings is 2. The summed E-state index contributed by atoms with van der Waals surface area (Å²) in [5, 5.41) is 6.89. The van der Waals surface area contributed by atoms with Crippen LogP contribution in [0, 0.1) is 0 Å². The number of halogens is 1. The Morgan fingerprint density at radius 1 is 1.15 bits per heavy atom. The first-order chi connectivity index (χ1) is 12.4. The lowest BCUT2D eigenvalue weighted by Gasteiger charge is -2.10. The Morgan fingerprint density at radius 2 is 1.92 bits per heavy atom. The second-order valence-corrected chi connectivity index (χ2v) is 5.61. The number of carbonyl (C=O) groups excluding carboxylic acids is 2. The van der Waals surface area contributed by atoms with Crippen LogP contribution >= 0.6 is 11.6 Å². The first kappa shape index (κ1) is 19.3. The minimum Gasteiger partial charge on any atom is -0.493 e. The summed E-state index contributed by atoms with van der Waals surface area (Å²) in [7, 11) is 2.99. The van der Waals surface area contributed by atoms with Crippen LogP contribution in [0.1, 0.15) is 22.8 Å². The van der Waals surface area contributed by atoms with Gasteiger partial charge in [-0.25, -0.2) is 5.43 Å². The van der Waals surface area contributed by atoms with E-state index in [9.17, 15) is 9.59 Å². The maximum Gasteiger partial charge on any atom is 0.271 e. The molecule has 0 aliphatic heterocycles. The standard InChI is InChI=1S/C18H18ClN3O4/c1-11(23)21-14-6-4-5-13(9-14)18(24)22-20-10-12-7-15(19)17(26-3)16(8-12)25-2/h4-10H,1-3H3,(H,21,23)(H,22,24)/b20-10-. The van der Waals surface area contributed by atoms with Gasteiger partial charge in [-0.3, -0.25) is 9.59 Å². The Labute approximate surface area is 155 Å².